The van der Waals surface area contributed by atoms with Crippen LogP contribution in [0.1, 0.15) is 37.7 Å². The maximum atomic E-state index is 11.8. The molecule has 0 aliphatic carbocycles. The van der Waals surface area contributed by atoms with Crippen LogP contribution >= 0.6 is 11.6 Å². The van der Waals surface area contributed by atoms with E-state index in [-0.39, 0.29) is 5.91 Å². The number of hydrogen-bond acceptors (Lipinski definition) is 2. The SMILES string of the molecule is O=C(CCC1CCCCN1)NCc1ccc(Cl)cc1. The highest BCUT2D eigenvalue weighted by molar-refractivity contribution is 6.30. The maximum Gasteiger partial charge on any atom is 0.220 e. The minimum absolute atomic E-state index is 0.127. The fourth-order valence-corrected chi connectivity index (χ4v) is 2.49. The summed E-state index contributed by atoms with van der Waals surface area (Å²) in [5, 5.41) is 7.13. The van der Waals surface area contributed by atoms with Gasteiger partial charge in [-0.2, -0.15) is 0 Å². The lowest BCUT2D eigenvalue weighted by atomic mass is 10.0. The molecule has 1 unspecified atom stereocenters. The average molecular weight is 281 g/mol. The fraction of sp³-hybridized carbons (Fsp3) is 0.533. The molecule has 1 aliphatic heterocycles. The van der Waals surface area contributed by atoms with E-state index in [2.05, 4.69) is 10.6 Å². The van der Waals surface area contributed by atoms with Crippen LogP contribution in [0.3, 0.4) is 0 Å². The second kappa shape index (κ2) is 7.51. The Labute approximate surface area is 119 Å². The first kappa shape index (κ1) is 14.4. The number of carbonyl (C=O) groups excluding carboxylic acids is 1. The van der Waals surface area contributed by atoms with Gasteiger partial charge in [-0.1, -0.05) is 30.2 Å². The number of amides is 1. The third-order valence-electron chi connectivity index (χ3n) is 3.54. The Kier molecular flexibility index (Phi) is 5.67. The van der Waals surface area contributed by atoms with Crippen molar-refractivity contribution < 1.29 is 4.79 Å². The molecule has 104 valence electrons. The van der Waals surface area contributed by atoms with Gasteiger partial charge in [-0.3, -0.25) is 4.79 Å². The van der Waals surface area contributed by atoms with Crippen molar-refractivity contribution in [2.75, 3.05) is 6.54 Å². The number of halogens is 1. The summed E-state index contributed by atoms with van der Waals surface area (Å²) in [7, 11) is 0. The summed E-state index contributed by atoms with van der Waals surface area (Å²) in [5.41, 5.74) is 1.08. The Morgan fingerprint density at radius 3 is 2.79 bits per heavy atom. The Morgan fingerprint density at radius 1 is 1.32 bits per heavy atom. The summed E-state index contributed by atoms with van der Waals surface area (Å²) in [6, 6.07) is 8.08. The molecule has 2 rings (SSSR count). The van der Waals surface area contributed by atoms with Gasteiger partial charge in [-0.25, -0.2) is 0 Å². The Hall–Kier alpha value is -1.06. The van der Waals surface area contributed by atoms with Crippen molar-refractivity contribution in [3.8, 4) is 0 Å². The van der Waals surface area contributed by atoms with E-state index < -0.39 is 0 Å². The standard InChI is InChI=1S/C15H21ClN2O/c16-13-6-4-12(5-7-13)11-18-15(19)9-8-14-3-1-2-10-17-14/h4-7,14,17H,1-3,8-11H2,(H,18,19). The first-order valence-corrected chi connectivity index (χ1v) is 7.36. The van der Waals surface area contributed by atoms with Crippen molar-refractivity contribution in [2.45, 2.75) is 44.7 Å². The number of rotatable bonds is 5. The van der Waals surface area contributed by atoms with Crippen LogP contribution in [0.4, 0.5) is 0 Å². The first-order chi connectivity index (χ1) is 9.24. The average Bonchev–Trinajstić information content (AvgIpc) is 2.45. The summed E-state index contributed by atoms with van der Waals surface area (Å²) in [6.07, 6.45) is 5.28. The van der Waals surface area contributed by atoms with Crippen LogP contribution in [-0.2, 0) is 11.3 Å². The second-order valence-electron chi connectivity index (χ2n) is 5.09. The highest BCUT2D eigenvalue weighted by Gasteiger charge is 2.13. The molecule has 19 heavy (non-hydrogen) atoms. The zero-order valence-electron chi connectivity index (χ0n) is 11.1. The second-order valence-corrected chi connectivity index (χ2v) is 5.53. The third kappa shape index (κ3) is 5.21. The summed E-state index contributed by atoms with van der Waals surface area (Å²) < 4.78 is 0. The lowest BCUT2D eigenvalue weighted by Crippen LogP contribution is -2.35. The van der Waals surface area contributed by atoms with Crippen molar-refractivity contribution in [3.63, 3.8) is 0 Å². The van der Waals surface area contributed by atoms with E-state index in [9.17, 15) is 4.79 Å². The number of benzene rings is 1. The lowest BCUT2D eigenvalue weighted by Gasteiger charge is -2.23. The Bertz CT molecular complexity index is 399. The van der Waals surface area contributed by atoms with Gasteiger partial charge in [0.05, 0.1) is 0 Å². The van der Waals surface area contributed by atoms with Crippen molar-refractivity contribution in [1.82, 2.24) is 10.6 Å². The first-order valence-electron chi connectivity index (χ1n) is 6.98. The molecule has 1 saturated heterocycles. The minimum Gasteiger partial charge on any atom is -0.352 e. The normalized spacial score (nSPS) is 19.1. The molecule has 0 saturated carbocycles. The van der Waals surface area contributed by atoms with Crippen molar-refractivity contribution >= 4 is 17.5 Å². The summed E-state index contributed by atoms with van der Waals surface area (Å²) >= 11 is 5.82. The monoisotopic (exact) mass is 280 g/mol. The van der Waals surface area contributed by atoms with Crippen LogP contribution in [0.5, 0.6) is 0 Å². The Balaban J connectivity index is 1.65. The predicted octanol–water partition coefficient (Wildman–Crippen LogP) is 2.88. The molecule has 3 nitrogen and oxygen atoms in total. The van der Waals surface area contributed by atoms with E-state index in [1.807, 2.05) is 24.3 Å². The molecule has 0 aromatic heterocycles. The van der Waals surface area contributed by atoms with Gasteiger partial charge in [0.15, 0.2) is 0 Å². The summed E-state index contributed by atoms with van der Waals surface area (Å²) in [4.78, 5) is 11.8. The molecule has 0 radical (unpaired) electrons. The van der Waals surface area contributed by atoms with Crippen LogP contribution in [0, 0.1) is 0 Å². The van der Waals surface area contributed by atoms with E-state index in [0.29, 0.717) is 19.0 Å². The maximum absolute atomic E-state index is 11.8. The van der Waals surface area contributed by atoms with E-state index in [4.69, 9.17) is 11.6 Å². The van der Waals surface area contributed by atoms with Gasteiger partial charge in [0.1, 0.15) is 0 Å². The van der Waals surface area contributed by atoms with Crippen molar-refractivity contribution in [3.05, 3.63) is 34.9 Å². The van der Waals surface area contributed by atoms with E-state index in [0.717, 1.165) is 23.6 Å². The molecule has 1 heterocycles. The largest absolute Gasteiger partial charge is 0.352 e. The zero-order chi connectivity index (χ0) is 13.5. The summed E-state index contributed by atoms with van der Waals surface area (Å²) in [6.45, 7) is 1.67. The van der Waals surface area contributed by atoms with Crippen LogP contribution in [-0.4, -0.2) is 18.5 Å². The third-order valence-corrected chi connectivity index (χ3v) is 3.79. The molecule has 0 bridgehead atoms. The van der Waals surface area contributed by atoms with Crippen LogP contribution in [0.2, 0.25) is 5.02 Å². The van der Waals surface area contributed by atoms with Gasteiger partial charge in [0.2, 0.25) is 5.91 Å². The highest BCUT2D eigenvalue weighted by Crippen LogP contribution is 2.12. The molecule has 1 aromatic rings. The molecule has 0 spiro atoms. The van der Waals surface area contributed by atoms with Gasteiger partial charge in [-0.15, -0.1) is 0 Å². The molecule has 4 heteroatoms. The molecule has 1 aliphatic rings. The molecular formula is C15H21ClN2O. The van der Waals surface area contributed by atoms with Crippen LogP contribution < -0.4 is 10.6 Å². The Morgan fingerprint density at radius 2 is 2.11 bits per heavy atom. The van der Waals surface area contributed by atoms with E-state index in [1.54, 1.807) is 0 Å². The number of nitrogens with one attached hydrogen (secondary N) is 2. The molecular weight excluding hydrogens is 260 g/mol. The summed E-state index contributed by atoms with van der Waals surface area (Å²) in [5.74, 6) is 0.127. The zero-order valence-corrected chi connectivity index (χ0v) is 11.9. The molecule has 1 amide bonds. The van der Waals surface area contributed by atoms with Crippen molar-refractivity contribution in [1.29, 1.82) is 0 Å². The number of piperidine rings is 1. The van der Waals surface area contributed by atoms with E-state index >= 15 is 0 Å². The highest BCUT2D eigenvalue weighted by atomic mass is 35.5. The molecule has 1 aromatic carbocycles. The van der Waals surface area contributed by atoms with E-state index in [1.165, 1.54) is 19.3 Å². The topological polar surface area (TPSA) is 41.1 Å². The molecule has 2 N–H and O–H groups in total. The van der Waals surface area contributed by atoms with Crippen LogP contribution in [0.25, 0.3) is 0 Å². The predicted molar refractivity (Wildman–Crippen MR) is 78.2 cm³/mol. The minimum atomic E-state index is 0.127. The lowest BCUT2D eigenvalue weighted by molar-refractivity contribution is -0.121. The number of hydrogen-bond donors (Lipinski definition) is 2. The quantitative estimate of drug-likeness (QED) is 0.871. The van der Waals surface area contributed by atoms with Gasteiger partial charge < -0.3 is 10.6 Å². The molecule has 1 fully saturated rings. The van der Waals surface area contributed by atoms with Gasteiger partial charge in [0, 0.05) is 24.0 Å². The van der Waals surface area contributed by atoms with Gasteiger partial charge in [0.25, 0.3) is 0 Å². The fourth-order valence-electron chi connectivity index (χ4n) is 2.37. The molecule has 1 atom stereocenters. The smallest absolute Gasteiger partial charge is 0.220 e. The van der Waals surface area contributed by atoms with Gasteiger partial charge in [-0.05, 0) is 43.5 Å². The van der Waals surface area contributed by atoms with Crippen LogP contribution in [0.15, 0.2) is 24.3 Å². The number of carbonyl (C=O) groups is 1. The van der Waals surface area contributed by atoms with Gasteiger partial charge >= 0.3 is 0 Å². The van der Waals surface area contributed by atoms with Crippen molar-refractivity contribution in [2.24, 2.45) is 0 Å².